The summed E-state index contributed by atoms with van der Waals surface area (Å²) in [7, 11) is 1.49. The van der Waals surface area contributed by atoms with Gasteiger partial charge in [-0.15, -0.1) is 0 Å². The molecule has 0 aromatic heterocycles. The van der Waals surface area contributed by atoms with E-state index in [0.29, 0.717) is 12.8 Å². The largest absolute Gasteiger partial charge is 0.480 e. The minimum Gasteiger partial charge on any atom is -0.480 e. The fraction of sp³-hybridized carbons (Fsp3) is 0.846. The molecule has 1 saturated carbocycles. The van der Waals surface area contributed by atoms with E-state index in [-0.39, 0.29) is 25.0 Å². The van der Waals surface area contributed by atoms with Gasteiger partial charge in [-0.25, -0.2) is 4.79 Å². The fourth-order valence-electron chi connectivity index (χ4n) is 2.51. The summed E-state index contributed by atoms with van der Waals surface area (Å²) < 4.78 is 5.04. The Bertz CT molecular complexity index is 308. The first-order chi connectivity index (χ1) is 9.04. The van der Waals surface area contributed by atoms with Crippen LogP contribution in [0, 0.1) is 0 Å². The Hall–Kier alpha value is -1.14. The smallest absolute Gasteiger partial charge is 0.329 e. The van der Waals surface area contributed by atoms with Gasteiger partial charge in [0, 0.05) is 13.7 Å². The molecule has 0 aromatic rings. The molecule has 0 bridgehead atoms. The highest BCUT2D eigenvalue weighted by atomic mass is 16.5. The lowest BCUT2D eigenvalue weighted by molar-refractivity contribution is -0.148. The van der Waals surface area contributed by atoms with E-state index in [9.17, 15) is 14.7 Å². The van der Waals surface area contributed by atoms with Gasteiger partial charge in [0.05, 0.1) is 12.5 Å². The first-order valence-electron chi connectivity index (χ1n) is 6.81. The summed E-state index contributed by atoms with van der Waals surface area (Å²) in [6.45, 7) is 0.240. The second kappa shape index (κ2) is 7.45. The molecule has 0 heterocycles. The fourth-order valence-corrected chi connectivity index (χ4v) is 2.51. The van der Waals surface area contributed by atoms with Crippen LogP contribution < -0.4 is 11.1 Å². The van der Waals surface area contributed by atoms with Crippen LogP contribution in [0.3, 0.4) is 0 Å². The topological polar surface area (TPSA) is 102 Å². The molecule has 6 heteroatoms. The molecular weight excluding hydrogens is 248 g/mol. The number of hydrogen-bond acceptors (Lipinski definition) is 4. The van der Waals surface area contributed by atoms with Crippen LogP contribution in [0.4, 0.5) is 0 Å². The number of carbonyl (C=O) groups excluding carboxylic acids is 1. The van der Waals surface area contributed by atoms with Crippen LogP contribution in [-0.4, -0.2) is 42.3 Å². The van der Waals surface area contributed by atoms with E-state index in [2.05, 4.69) is 5.32 Å². The van der Waals surface area contributed by atoms with Crippen LogP contribution in [-0.2, 0) is 14.3 Å². The van der Waals surface area contributed by atoms with Gasteiger partial charge in [-0.1, -0.05) is 25.7 Å². The van der Waals surface area contributed by atoms with Crippen LogP contribution in [0.1, 0.15) is 44.9 Å². The van der Waals surface area contributed by atoms with Crippen molar-refractivity contribution in [1.82, 2.24) is 5.32 Å². The number of ether oxygens (including phenoxy) is 1. The third kappa shape index (κ3) is 4.47. The molecule has 4 N–H and O–H groups in total. The average Bonchev–Trinajstić information content (AvgIpc) is 2.62. The van der Waals surface area contributed by atoms with Gasteiger partial charge in [0.1, 0.15) is 5.54 Å². The van der Waals surface area contributed by atoms with Gasteiger partial charge in [-0.2, -0.15) is 0 Å². The number of aliphatic carboxylic acids is 1. The Morgan fingerprint density at radius 3 is 2.32 bits per heavy atom. The lowest BCUT2D eigenvalue weighted by Crippen LogP contribution is -2.55. The molecule has 6 nitrogen and oxygen atoms in total. The molecule has 1 aliphatic carbocycles. The van der Waals surface area contributed by atoms with Gasteiger partial charge in [0.15, 0.2) is 0 Å². The minimum atomic E-state index is -1.11. The number of carboxylic acids is 1. The molecular formula is C13H24N2O4. The summed E-state index contributed by atoms with van der Waals surface area (Å²) in [6.07, 6.45) is 4.43. The number of rotatable bonds is 6. The average molecular weight is 272 g/mol. The number of carbonyl (C=O) groups is 2. The van der Waals surface area contributed by atoms with Crippen molar-refractivity contribution in [3.05, 3.63) is 0 Å². The summed E-state index contributed by atoms with van der Waals surface area (Å²) in [5.74, 6) is -1.24. The predicted octanol–water partition coefficient (Wildman–Crippen LogP) is 0.644. The highest BCUT2D eigenvalue weighted by Crippen LogP contribution is 2.27. The van der Waals surface area contributed by atoms with Gasteiger partial charge in [0.25, 0.3) is 0 Å². The van der Waals surface area contributed by atoms with Crippen LogP contribution in [0.25, 0.3) is 0 Å². The monoisotopic (exact) mass is 272 g/mol. The number of nitrogens with one attached hydrogen (secondary N) is 1. The van der Waals surface area contributed by atoms with Crippen molar-refractivity contribution >= 4 is 11.9 Å². The van der Waals surface area contributed by atoms with E-state index in [1.165, 1.54) is 7.11 Å². The summed E-state index contributed by atoms with van der Waals surface area (Å²) >= 11 is 0. The molecule has 110 valence electrons. The van der Waals surface area contributed by atoms with E-state index in [1.54, 1.807) is 0 Å². The van der Waals surface area contributed by atoms with Crippen molar-refractivity contribution in [1.29, 1.82) is 0 Å². The first kappa shape index (κ1) is 15.9. The zero-order chi connectivity index (χ0) is 14.3. The normalized spacial score (nSPS) is 20.3. The second-order valence-electron chi connectivity index (χ2n) is 5.15. The van der Waals surface area contributed by atoms with Gasteiger partial charge in [-0.05, 0) is 12.8 Å². The number of methoxy groups -OCH3 is 1. The summed E-state index contributed by atoms with van der Waals surface area (Å²) in [5, 5.41) is 12.1. The molecule has 0 aromatic carbocycles. The summed E-state index contributed by atoms with van der Waals surface area (Å²) in [4.78, 5) is 23.5. The Balaban J connectivity index is 2.67. The SMILES string of the molecule is COC(CN)CC(=O)NC1(C(=O)O)CCCCCC1. The second-order valence-corrected chi connectivity index (χ2v) is 5.15. The Labute approximate surface area is 113 Å². The highest BCUT2D eigenvalue weighted by Gasteiger charge is 2.40. The molecule has 1 atom stereocenters. The number of amides is 1. The molecule has 1 rings (SSSR count). The third-order valence-electron chi connectivity index (χ3n) is 3.75. The van der Waals surface area contributed by atoms with Crippen molar-refractivity contribution in [3.63, 3.8) is 0 Å². The number of carboxylic acid groups (broad SMARTS) is 1. The Kier molecular flexibility index (Phi) is 6.24. The summed E-state index contributed by atoms with van der Waals surface area (Å²) in [5.41, 5.74) is 4.35. The minimum absolute atomic E-state index is 0.0992. The third-order valence-corrected chi connectivity index (χ3v) is 3.75. The molecule has 1 amide bonds. The molecule has 1 unspecified atom stereocenters. The summed E-state index contributed by atoms with van der Waals surface area (Å²) in [6, 6.07) is 0. The lowest BCUT2D eigenvalue weighted by atomic mass is 9.90. The highest BCUT2D eigenvalue weighted by molar-refractivity contribution is 5.87. The Morgan fingerprint density at radius 1 is 1.32 bits per heavy atom. The van der Waals surface area contributed by atoms with E-state index >= 15 is 0 Å². The molecule has 19 heavy (non-hydrogen) atoms. The van der Waals surface area contributed by atoms with Gasteiger partial charge in [-0.3, -0.25) is 4.79 Å². The maximum Gasteiger partial charge on any atom is 0.329 e. The van der Waals surface area contributed by atoms with Crippen molar-refractivity contribution < 1.29 is 19.4 Å². The molecule has 1 fully saturated rings. The van der Waals surface area contributed by atoms with Crippen LogP contribution >= 0.6 is 0 Å². The molecule has 0 spiro atoms. The quantitative estimate of drug-likeness (QED) is 0.616. The zero-order valence-corrected chi connectivity index (χ0v) is 11.5. The van der Waals surface area contributed by atoms with Crippen molar-refractivity contribution in [2.75, 3.05) is 13.7 Å². The molecule has 0 radical (unpaired) electrons. The maximum absolute atomic E-state index is 12.0. The van der Waals surface area contributed by atoms with Gasteiger partial charge < -0.3 is 20.9 Å². The van der Waals surface area contributed by atoms with E-state index in [4.69, 9.17) is 10.5 Å². The van der Waals surface area contributed by atoms with Crippen LogP contribution in [0.15, 0.2) is 0 Å². The molecule has 1 aliphatic rings. The molecule has 0 saturated heterocycles. The maximum atomic E-state index is 12.0. The molecule has 0 aliphatic heterocycles. The van der Waals surface area contributed by atoms with Crippen molar-refractivity contribution in [2.45, 2.75) is 56.6 Å². The lowest BCUT2D eigenvalue weighted by Gasteiger charge is -2.29. The van der Waals surface area contributed by atoms with E-state index < -0.39 is 11.5 Å². The van der Waals surface area contributed by atoms with Gasteiger partial charge in [0.2, 0.25) is 5.91 Å². The standard InChI is InChI=1S/C13H24N2O4/c1-19-10(9-14)8-11(16)15-13(12(17)18)6-4-2-3-5-7-13/h10H,2-9,14H2,1H3,(H,15,16)(H,17,18). The van der Waals surface area contributed by atoms with Crippen molar-refractivity contribution in [2.24, 2.45) is 5.73 Å². The van der Waals surface area contributed by atoms with Crippen LogP contribution in [0.5, 0.6) is 0 Å². The predicted molar refractivity (Wildman–Crippen MR) is 70.7 cm³/mol. The van der Waals surface area contributed by atoms with E-state index in [0.717, 1.165) is 25.7 Å². The van der Waals surface area contributed by atoms with E-state index in [1.807, 2.05) is 0 Å². The Morgan fingerprint density at radius 2 is 1.89 bits per heavy atom. The van der Waals surface area contributed by atoms with Crippen LogP contribution in [0.2, 0.25) is 0 Å². The van der Waals surface area contributed by atoms with Crippen molar-refractivity contribution in [3.8, 4) is 0 Å². The number of hydrogen-bond donors (Lipinski definition) is 3. The van der Waals surface area contributed by atoms with Gasteiger partial charge >= 0.3 is 5.97 Å². The number of nitrogens with two attached hydrogens (primary N) is 1. The zero-order valence-electron chi connectivity index (χ0n) is 11.5. The first-order valence-corrected chi connectivity index (χ1v) is 6.81.